The molecule has 0 amide bonds. The van der Waals surface area contributed by atoms with E-state index in [-0.39, 0.29) is 0 Å². The van der Waals surface area contributed by atoms with Crippen molar-refractivity contribution in [1.29, 1.82) is 0 Å². The summed E-state index contributed by atoms with van der Waals surface area (Å²) in [6.45, 7) is 3.08. The molecular formula is C12H17NO4. The van der Waals surface area contributed by atoms with Gasteiger partial charge in [-0.15, -0.1) is 0 Å². The number of aryl methyl sites for hydroxylation is 1. The molecule has 2 heterocycles. The number of hydrogen-bond acceptors (Lipinski definition) is 5. The molecule has 1 fully saturated rings. The maximum absolute atomic E-state index is 11.4. The molecule has 0 bridgehead atoms. The van der Waals surface area contributed by atoms with E-state index in [2.05, 4.69) is 10.1 Å². The Morgan fingerprint density at radius 3 is 3.06 bits per heavy atom. The van der Waals surface area contributed by atoms with Crippen molar-refractivity contribution in [3.8, 4) is 0 Å². The summed E-state index contributed by atoms with van der Waals surface area (Å²) in [5.41, 5.74) is -0.338. The molecule has 5 heteroatoms. The molecule has 0 saturated carbocycles. The van der Waals surface area contributed by atoms with E-state index in [4.69, 9.17) is 4.42 Å². The molecule has 2 rings (SSSR count). The summed E-state index contributed by atoms with van der Waals surface area (Å²) in [7, 11) is 1.34. The Morgan fingerprint density at radius 2 is 2.47 bits per heavy atom. The molecule has 1 saturated heterocycles. The zero-order valence-electron chi connectivity index (χ0n) is 10.1. The van der Waals surface area contributed by atoms with Crippen LogP contribution < -0.4 is 5.32 Å². The minimum absolute atomic E-state index is 0.408. The molecule has 1 aliphatic rings. The van der Waals surface area contributed by atoms with Gasteiger partial charge in [0.25, 0.3) is 0 Å². The summed E-state index contributed by atoms with van der Waals surface area (Å²) >= 11 is 0. The number of furan rings is 1. The highest BCUT2D eigenvalue weighted by atomic mass is 16.5. The topological polar surface area (TPSA) is 71.7 Å². The minimum atomic E-state index is -0.766. The van der Waals surface area contributed by atoms with Crippen molar-refractivity contribution in [2.24, 2.45) is 0 Å². The summed E-state index contributed by atoms with van der Waals surface area (Å²) in [5.74, 6) is 0.740. The number of esters is 1. The fourth-order valence-corrected chi connectivity index (χ4v) is 2.15. The Hall–Kier alpha value is -1.33. The van der Waals surface area contributed by atoms with Crippen LogP contribution in [0.3, 0.4) is 0 Å². The smallest absolute Gasteiger partial charge is 0.341 e. The number of β-amino-alcohol motifs (C(OH)–C–C–N with tert-alkyl or cyclic N) is 1. The lowest BCUT2D eigenvalue weighted by molar-refractivity contribution is 0.0562. The Balaban J connectivity index is 2.14. The van der Waals surface area contributed by atoms with Crippen LogP contribution in [0, 0.1) is 6.92 Å². The first-order valence-electron chi connectivity index (χ1n) is 5.65. The number of nitrogens with one attached hydrogen (secondary N) is 1. The summed E-state index contributed by atoms with van der Waals surface area (Å²) in [6, 6.07) is 1.65. The van der Waals surface area contributed by atoms with Crippen molar-refractivity contribution in [2.45, 2.75) is 25.4 Å². The van der Waals surface area contributed by atoms with Gasteiger partial charge in [-0.25, -0.2) is 4.79 Å². The van der Waals surface area contributed by atoms with Crippen molar-refractivity contribution in [1.82, 2.24) is 5.32 Å². The largest absolute Gasteiger partial charge is 0.465 e. The predicted molar refractivity (Wildman–Crippen MR) is 60.9 cm³/mol. The van der Waals surface area contributed by atoms with Gasteiger partial charge in [-0.2, -0.15) is 0 Å². The van der Waals surface area contributed by atoms with Crippen LogP contribution in [0.1, 0.15) is 28.3 Å². The second-order valence-corrected chi connectivity index (χ2v) is 4.50. The van der Waals surface area contributed by atoms with Gasteiger partial charge in [0.2, 0.25) is 0 Å². The monoisotopic (exact) mass is 239 g/mol. The quantitative estimate of drug-likeness (QED) is 0.757. The first-order chi connectivity index (χ1) is 8.04. The zero-order valence-corrected chi connectivity index (χ0v) is 10.1. The number of ether oxygens (including phenoxy) is 1. The molecule has 0 spiro atoms. The van der Waals surface area contributed by atoms with Crippen LogP contribution in [0.25, 0.3) is 0 Å². The van der Waals surface area contributed by atoms with E-state index in [9.17, 15) is 9.90 Å². The number of methoxy groups -OCH3 is 1. The van der Waals surface area contributed by atoms with Crippen molar-refractivity contribution in [3.63, 3.8) is 0 Å². The number of aliphatic hydroxyl groups is 1. The molecule has 94 valence electrons. The van der Waals surface area contributed by atoms with Crippen LogP contribution in [-0.2, 0) is 11.2 Å². The van der Waals surface area contributed by atoms with Crippen LogP contribution in [0.5, 0.6) is 0 Å². The molecular weight excluding hydrogens is 222 g/mol. The highest BCUT2D eigenvalue weighted by molar-refractivity contribution is 5.90. The SMILES string of the molecule is COC(=O)c1cc(CC2(O)CCNC2)oc1C. The van der Waals surface area contributed by atoms with Crippen molar-refractivity contribution in [2.75, 3.05) is 20.2 Å². The minimum Gasteiger partial charge on any atom is -0.465 e. The summed E-state index contributed by atoms with van der Waals surface area (Å²) in [4.78, 5) is 11.4. The second kappa shape index (κ2) is 4.50. The first-order valence-corrected chi connectivity index (χ1v) is 5.65. The average molecular weight is 239 g/mol. The van der Waals surface area contributed by atoms with E-state index in [1.54, 1.807) is 13.0 Å². The van der Waals surface area contributed by atoms with Gasteiger partial charge in [0.05, 0.1) is 12.7 Å². The van der Waals surface area contributed by atoms with Gasteiger partial charge in [0.15, 0.2) is 0 Å². The van der Waals surface area contributed by atoms with E-state index in [0.717, 1.165) is 6.54 Å². The van der Waals surface area contributed by atoms with E-state index >= 15 is 0 Å². The number of carbonyl (C=O) groups is 1. The van der Waals surface area contributed by atoms with Crippen molar-refractivity contribution in [3.05, 3.63) is 23.2 Å². The molecule has 1 atom stereocenters. The van der Waals surface area contributed by atoms with Gasteiger partial charge in [-0.3, -0.25) is 0 Å². The third-order valence-electron chi connectivity index (χ3n) is 3.10. The summed E-state index contributed by atoms with van der Waals surface area (Å²) in [6.07, 6.45) is 1.11. The van der Waals surface area contributed by atoms with Gasteiger partial charge >= 0.3 is 5.97 Å². The van der Waals surface area contributed by atoms with Crippen LogP contribution in [-0.4, -0.2) is 36.9 Å². The normalized spacial score (nSPS) is 23.9. The summed E-state index contributed by atoms with van der Waals surface area (Å²) in [5, 5.41) is 13.3. The van der Waals surface area contributed by atoms with Crippen LogP contribution in [0.15, 0.2) is 10.5 Å². The number of rotatable bonds is 3. The maximum atomic E-state index is 11.4. The third-order valence-corrected chi connectivity index (χ3v) is 3.10. The van der Waals surface area contributed by atoms with Gasteiger partial charge < -0.3 is 19.6 Å². The lowest BCUT2D eigenvalue weighted by Crippen LogP contribution is -2.33. The number of carbonyl (C=O) groups excluding carboxylic acids is 1. The molecule has 1 aromatic heterocycles. The van der Waals surface area contributed by atoms with E-state index in [0.29, 0.717) is 36.5 Å². The third kappa shape index (κ3) is 2.50. The van der Waals surface area contributed by atoms with Gasteiger partial charge in [-0.05, 0) is 26.0 Å². The molecule has 5 nitrogen and oxygen atoms in total. The molecule has 0 aliphatic carbocycles. The summed E-state index contributed by atoms with van der Waals surface area (Å²) < 4.78 is 10.1. The van der Waals surface area contributed by atoms with Crippen molar-refractivity contribution < 1.29 is 19.1 Å². The Kier molecular flexibility index (Phi) is 3.22. The highest BCUT2D eigenvalue weighted by Crippen LogP contribution is 2.24. The highest BCUT2D eigenvalue weighted by Gasteiger charge is 2.33. The molecule has 17 heavy (non-hydrogen) atoms. The van der Waals surface area contributed by atoms with E-state index in [1.165, 1.54) is 7.11 Å². The van der Waals surface area contributed by atoms with Crippen molar-refractivity contribution >= 4 is 5.97 Å². The Labute approximate surface area is 99.8 Å². The standard InChI is InChI=1S/C12H17NO4/c1-8-10(11(14)16-2)5-9(17-8)6-12(15)3-4-13-7-12/h5,13,15H,3-4,6-7H2,1-2H3. The van der Waals surface area contributed by atoms with Crippen LogP contribution >= 0.6 is 0 Å². The van der Waals surface area contributed by atoms with Gasteiger partial charge in [0.1, 0.15) is 17.1 Å². The average Bonchev–Trinajstić information content (AvgIpc) is 2.85. The van der Waals surface area contributed by atoms with Gasteiger partial charge in [0, 0.05) is 13.0 Å². The molecule has 2 N–H and O–H groups in total. The number of hydrogen-bond donors (Lipinski definition) is 2. The Morgan fingerprint density at radius 1 is 1.71 bits per heavy atom. The van der Waals surface area contributed by atoms with Crippen LogP contribution in [0.4, 0.5) is 0 Å². The lowest BCUT2D eigenvalue weighted by atomic mass is 9.97. The zero-order chi connectivity index (χ0) is 12.5. The van der Waals surface area contributed by atoms with Gasteiger partial charge in [-0.1, -0.05) is 0 Å². The van der Waals surface area contributed by atoms with E-state index in [1.807, 2.05) is 0 Å². The molecule has 0 radical (unpaired) electrons. The maximum Gasteiger partial charge on any atom is 0.341 e. The van der Waals surface area contributed by atoms with E-state index < -0.39 is 11.6 Å². The molecule has 1 aromatic rings. The fourth-order valence-electron chi connectivity index (χ4n) is 2.15. The molecule has 0 aromatic carbocycles. The van der Waals surface area contributed by atoms with Crippen LogP contribution in [0.2, 0.25) is 0 Å². The second-order valence-electron chi connectivity index (χ2n) is 4.50. The first kappa shape index (κ1) is 12.1. The molecule has 1 unspecified atom stereocenters. The fraction of sp³-hybridized carbons (Fsp3) is 0.583. The lowest BCUT2D eigenvalue weighted by Gasteiger charge is -2.19. The predicted octanol–water partition coefficient (Wildman–Crippen LogP) is 0.642. The Bertz CT molecular complexity index is 418. The molecule has 1 aliphatic heterocycles.